The van der Waals surface area contributed by atoms with Crippen molar-refractivity contribution in [1.82, 2.24) is 15.0 Å². The van der Waals surface area contributed by atoms with E-state index in [4.69, 9.17) is 4.74 Å². The number of benzene rings is 1. The predicted octanol–water partition coefficient (Wildman–Crippen LogP) is 2.25. The molecule has 0 N–H and O–H groups in total. The number of ether oxygens (including phenoxy) is 1. The molecule has 0 fully saturated rings. The molecule has 0 saturated heterocycles. The molecule has 0 radical (unpaired) electrons. The largest absolute Gasteiger partial charge is 0.496 e. The molecule has 0 amide bonds. The van der Waals surface area contributed by atoms with Crippen LogP contribution in [0.2, 0.25) is 0 Å². The lowest BCUT2D eigenvalue weighted by Gasteiger charge is -2.04. The van der Waals surface area contributed by atoms with E-state index in [0.717, 1.165) is 21.5 Å². The summed E-state index contributed by atoms with van der Waals surface area (Å²) < 4.78 is 7.81. The molecule has 1 aromatic heterocycles. The number of aryl methyl sites for hydroxylation is 1. The topological polar surface area (TPSA) is 39.9 Å². The Kier molecular flexibility index (Phi) is 2.73. The monoisotopic (exact) mass is 267 g/mol. The normalized spacial score (nSPS) is 10.3. The molecule has 78 valence electrons. The molecule has 15 heavy (non-hydrogen) atoms. The van der Waals surface area contributed by atoms with Gasteiger partial charge in [-0.25, -0.2) is 0 Å². The van der Waals surface area contributed by atoms with Crippen molar-refractivity contribution < 1.29 is 4.74 Å². The summed E-state index contributed by atoms with van der Waals surface area (Å²) in [6.45, 7) is 0. The molecule has 0 spiro atoms. The van der Waals surface area contributed by atoms with Crippen molar-refractivity contribution in [2.45, 2.75) is 0 Å². The molecular weight excluding hydrogens is 258 g/mol. The molecule has 1 heterocycles. The highest BCUT2D eigenvalue weighted by molar-refractivity contribution is 9.10. The van der Waals surface area contributed by atoms with E-state index in [1.165, 1.54) is 0 Å². The first-order valence-corrected chi connectivity index (χ1v) is 5.20. The molecule has 0 aliphatic heterocycles. The zero-order valence-corrected chi connectivity index (χ0v) is 10.0. The number of aromatic nitrogens is 3. The summed E-state index contributed by atoms with van der Waals surface area (Å²) in [5.74, 6) is 0.790. The summed E-state index contributed by atoms with van der Waals surface area (Å²) >= 11 is 3.40. The van der Waals surface area contributed by atoms with Gasteiger partial charge in [0.05, 0.1) is 17.8 Å². The highest BCUT2D eigenvalue weighted by atomic mass is 79.9. The van der Waals surface area contributed by atoms with Crippen molar-refractivity contribution in [3.8, 4) is 17.0 Å². The van der Waals surface area contributed by atoms with Crippen LogP contribution in [0, 0.1) is 0 Å². The van der Waals surface area contributed by atoms with Crippen LogP contribution in [0.1, 0.15) is 0 Å². The molecule has 5 heteroatoms. The van der Waals surface area contributed by atoms with Gasteiger partial charge in [-0.3, -0.25) is 4.68 Å². The second-order valence-electron chi connectivity index (χ2n) is 3.13. The molecule has 0 bridgehead atoms. The van der Waals surface area contributed by atoms with E-state index < -0.39 is 0 Å². The van der Waals surface area contributed by atoms with E-state index in [1.54, 1.807) is 11.8 Å². The zero-order valence-electron chi connectivity index (χ0n) is 8.44. The number of nitrogens with zero attached hydrogens (tertiary/aromatic N) is 3. The first-order chi connectivity index (χ1) is 7.20. The number of hydrogen-bond donors (Lipinski definition) is 0. The van der Waals surface area contributed by atoms with E-state index in [2.05, 4.69) is 26.2 Å². The van der Waals surface area contributed by atoms with Gasteiger partial charge in [-0.2, -0.15) is 0 Å². The van der Waals surface area contributed by atoms with Crippen LogP contribution in [0.25, 0.3) is 11.3 Å². The SMILES string of the molecule is COc1cc(-c2cn(C)nn2)ccc1Br. The van der Waals surface area contributed by atoms with Crippen LogP contribution < -0.4 is 4.74 Å². The Bertz CT molecular complexity index is 481. The van der Waals surface area contributed by atoms with Crippen LogP contribution in [-0.4, -0.2) is 22.1 Å². The van der Waals surface area contributed by atoms with Crippen molar-refractivity contribution >= 4 is 15.9 Å². The van der Waals surface area contributed by atoms with Crippen LogP contribution in [0.3, 0.4) is 0 Å². The first-order valence-electron chi connectivity index (χ1n) is 4.41. The van der Waals surface area contributed by atoms with Gasteiger partial charge in [0.1, 0.15) is 11.4 Å². The summed E-state index contributed by atoms with van der Waals surface area (Å²) in [5, 5.41) is 7.92. The Labute approximate surface area is 96.0 Å². The van der Waals surface area contributed by atoms with Crippen molar-refractivity contribution in [3.05, 3.63) is 28.9 Å². The highest BCUT2D eigenvalue weighted by Gasteiger charge is 2.06. The van der Waals surface area contributed by atoms with Gasteiger partial charge >= 0.3 is 0 Å². The average molecular weight is 268 g/mol. The fourth-order valence-corrected chi connectivity index (χ4v) is 1.71. The lowest BCUT2D eigenvalue weighted by atomic mass is 10.1. The zero-order chi connectivity index (χ0) is 10.8. The Hall–Kier alpha value is -1.36. The lowest BCUT2D eigenvalue weighted by Crippen LogP contribution is -1.86. The van der Waals surface area contributed by atoms with Gasteiger partial charge < -0.3 is 4.74 Å². The maximum atomic E-state index is 5.21. The molecule has 2 aromatic rings. The van der Waals surface area contributed by atoms with Gasteiger partial charge in [0.15, 0.2) is 0 Å². The maximum Gasteiger partial charge on any atom is 0.133 e. The quantitative estimate of drug-likeness (QED) is 0.838. The summed E-state index contributed by atoms with van der Waals surface area (Å²) in [6.07, 6.45) is 1.86. The second-order valence-corrected chi connectivity index (χ2v) is 3.98. The van der Waals surface area contributed by atoms with Crippen molar-refractivity contribution in [2.75, 3.05) is 7.11 Å². The standard InChI is InChI=1S/C10H10BrN3O/c1-14-6-9(12-13-14)7-3-4-8(11)10(5-7)15-2/h3-6H,1-2H3. The third kappa shape index (κ3) is 2.02. The van der Waals surface area contributed by atoms with Crippen molar-refractivity contribution in [3.63, 3.8) is 0 Å². The van der Waals surface area contributed by atoms with E-state index >= 15 is 0 Å². The Balaban J connectivity index is 2.45. The molecule has 2 rings (SSSR count). The molecule has 0 aliphatic carbocycles. The van der Waals surface area contributed by atoms with E-state index in [-0.39, 0.29) is 0 Å². The number of hydrogen-bond acceptors (Lipinski definition) is 3. The van der Waals surface area contributed by atoms with Gasteiger partial charge in [-0.05, 0) is 28.1 Å². The van der Waals surface area contributed by atoms with Crippen LogP contribution >= 0.6 is 15.9 Å². The van der Waals surface area contributed by atoms with Crippen molar-refractivity contribution in [1.29, 1.82) is 0 Å². The number of methoxy groups -OCH3 is 1. The predicted molar refractivity (Wildman–Crippen MR) is 60.7 cm³/mol. The van der Waals surface area contributed by atoms with Crippen LogP contribution in [0.15, 0.2) is 28.9 Å². The fraction of sp³-hybridized carbons (Fsp3) is 0.200. The molecule has 0 atom stereocenters. The minimum Gasteiger partial charge on any atom is -0.496 e. The average Bonchev–Trinajstić information content (AvgIpc) is 2.66. The third-order valence-corrected chi connectivity index (χ3v) is 2.70. The van der Waals surface area contributed by atoms with Gasteiger partial charge in [0, 0.05) is 12.6 Å². The minimum absolute atomic E-state index is 0.790. The molecule has 4 nitrogen and oxygen atoms in total. The summed E-state index contributed by atoms with van der Waals surface area (Å²) in [6, 6.07) is 5.83. The Morgan fingerprint density at radius 3 is 2.80 bits per heavy atom. The second kappa shape index (κ2) is 4.02. The molecule has 1 aromatic carbocycles. The van der Waals surface area contributed by atoms with Crippen LogP contribution in [-0.2, 0) is 7.05 Å². The Morgan fingerprint density at radius 2 is 2.20 bits per heavy atom. The van der Waals surface area contributed by atoms with E-state index in [0.29, 0.717) is 0 Å². The lowest BCUT2D eigenvalue weighted by molar-refractivity contribution is 0.412. The highest BCUT2D eigenvalue weighted by Crippen LogP contribution is 2.29. The number of halogens is 1. The van der Waals surface area contributed by atoms with E-state index in [9.17, 15) is 0 Å². The smallest absolute Gasteiger partial charge is 0.133 e. The van der Waals surface area contributed by atoms with Gasteiger partial charge in [-0.15, -0.1) is 5.10 Å². The third-order valence-electron chi connectivity index (χ3n) is 2.05. The van der Waals surface area contributed by atoms with Crippen LogP contribution in [0.4, 0.5) is 0 Å². The van der Waals surface area contributed by atoms with Crippen LogP contribution in [0.5, 0.6) is 5.75 Å². The molecule has 0 saturated carbocycles. The summed E-state index contributed by atoms with van der Waals surface area (Å²) in [7, 11) is 3.48. The summed E-state index contributed by atoms with van der Waals surface area (Å²) in [4.78, 5) is 0. The first kappa shape index (κ1) is 10.2. The summed E-state index contributed by atoms with van der Waals surface area (Å²) in [5.41, 5.74) is 1.83. The maximum absolute atomic E-state index is 5.21. The molecule has 0 aliphatic rings. The fourth-order valence-electron chi connectivity index (χ4n) is 1.30. The molecule has 0 unspecified atom stereocenters. The van der Waals surface area contributed by atoms with E-state index in [1.807, 2.05) is 31.4 Å². The molecular formula is C10H10BrN3O. The van der Waals surface area contributed by atoms with Gasteiger partial charge in [0.2, 0.25) is 0 Å². The van der Waals surface area contributed by atoms with Gasteiger partial charge in [0.25, 0.3) is 0 Å². The van der Waals surface area contributed by atoms with Gasteiger partial charge in [-0.1, -0.05) is 11.3 Å². The number of rotatable bonds is 2. The Morgan fingerprint density at radius 1 is 1.40 bits per heavy atom. The van der Waals surface area contributed by atoms with Crippen molar-refractivity contribution in [2.24, 2.45) is 7.05 Å². The minimum atomic E-state index is 0.790.